The number of hydrogen-bond acceptors (Lipinski definition) is 4. The summed E-state index contributed by atoms with van der Waals surface area (Å²) >= 11 is 6.06. The van der Waals surface area contributed by atoms with Gasteiger partial charge in [0.05, 0.1) is 24.8 Å². The molecule has 1 aliphatic rings. The Bertz CT molecular complexity index is 488. The van der Waals surface area contributed by atoms with E-state index in [1.807, 2.05) is 0 Å². The Balaban J connectivity index is 2.04. The standard InChI is InChI=1S/C13H16ClNO4/c1-13(5-18-6-13)7-19-10-3-2-8(4-9(10)14)11(15)12(16)17/h2-4,11H,5-7,15H2,1H3,(H,16,17). The number of carboxylic acid groups (broad SMARTS) is 1. The molecule has 1 aromatic rings. The first kappa shape index (κ1) is 14.1. The van der Waals surface area contributed by atoms with Crippen LogP contribution in [-0.4, -0.2) is 30.9 Å². The summed E-state index contributed by atoms with van der Waals surface area (Å²) in [7, 11) is 0. The van der Waals surface area contributed by atoms with Gasteiger partial charge in [0.2, 0.25) is 0 Å². The van der Waals surface area contributed by atoms with Crippen LogP contribution in [0.1, 0.15) is 18.5 Å². The molecule has 0 saturated carbocycles. The lowest BCUT2D eigenvalue weighted by atomic mass is 9.90. The van der Waals surface area contributed by atoms with E-state index in [9.17, 15) is 4.79 Å². The van der Waals surface area contributed by atoms with Crippen LogP contribution >= 0.6 is 11.6 Å². The number of nitrogens with two attached hydrogens (primary N) is 1. The minimum atomic E-state index is -1.09. The first-order valence-electron chi connectivity index (χ1n) is 5.90. The van der Waals surface area contributed by atoms with E-state index < -0.39 is 12.0 Å². The number of benzene rings is 1. The van der Waals surface area contributed by atoms with Crippen LogP contribution in [0, 0.1) is 5.41 Å². The van der Waals surface area contributed by atoms with Crippen LogP contribution in [0.5, 0.6) is 5.75 Å². The normalized spacial score (nSPS) is 18.5. The summed E-state index contributed by atoms with van der Waals surface area (Å²) in [5, 5.41) is 9.19. The Morgan fingerprint density at radius 3 is 2.79 bits per heavy atom. The van der Waals surface area contributed by atoms with Gasteiger partial charge in [0.1, 0.15) is 11.8 Å². The summed E-state index contributed by atoms with van der Waals surface area (Å²) in [5.74, 6) is -0.569. The zero-order valence-corrected chi connectivity index (χ0v) is 11.3. The molecule has 104 valence electrons. The average molecular weight is 286 g/mol. The molecule has 6 heteroatoms. The van der Waals surface area contributed by atoms with Crippen molar-refractivity contribution in [3.8, 4) is 5.75 Å². The van der Waals surface area contributed by atoms with E-state index >= 15 is 0 Å². The second-order valence-corrected chi connectivity index (χ2v) is 5.51. The number of hydrogen-bond donors (Lipinski definition) is 2. The van der Waals surface area contributed by atoms with Gasteiger partial charge in [0, 0.05) is 5.41 Å². The van der Waals surface area contributed by atoms with Crippen LogP contribution in [0.4, 0.5) is 0 Å². The lowest BCUT2D eigenvalue weighted by molar-refractivity contribution is -0.138. The molecule has 0 bridgehead atoms. The average Bonchev–Trinajstić information content (AvgIpc) is 2.34. The smallest absolute Gasteiger partial charge is 0.325 e. The van der Waals surface area contributed by atoms with E-state index in [0.29, 0.717) is 36.2 Å². The number of carboxylic acids is 1. The summed E-state index contributed by atoms with van der Waals surface area (Å²) < 4.78 is 10.8. The topological polar surface area (TPSA) is 81.8 Å². The molecule has 19 heavy (non-hydrogen) atoms. The highest BCUT2D eigenvalue weighted by atomic mass is 35.5. The van der Waals surface area contributed by atoms with Gasteiger partial charge in [-0.2, -0.15) is 0 Å². The van der Waals surface area contributed by atoms with E-state index in [-0.39, 0.29) is 5.41 Å². The minimum absolute atomic E-state index is 0.0272. The highest BCUT2D eigenvalue weighted by Gasteiger charge is 2.34. The van der Waals surface area contributed by atoms with Crippen LogP contribution in [-0.2, 0) is 9.53 Å². The first-order valence-corrected chi connectivity index (χ1v) is 6.27. The minimum Gasteiger partial charge on any atom is -0.491 e. The summed E-state index contributed by atoms with van der Waals surface area (Å²) in [5.41, 5.74) is 5.99. The number of carbonyl (C=O) groups is 1. The predicted molar refractivity (Wildman–Crippen MR) is 70.4 cm³/mol. The molecule has 1 atom stereocenters. The van der Waals surface area contributed by atoms with E-state index in [1.54, 1.807) is 12.1 Å². The summed E-state index contributed by atoms with van der Waals surface area (Å²) in [6.07, 6.45) is 0. The SMILES string of the molecule is CC1(COc2ccc(C(N)C(=O)O)cc2Cl)COC1. The van der Waals surface area contributed by atoms with Crippen molar-refractivity contribution >= 4 is 17.6 Å². The molecule has 0 spiro atoms. The van der Waals surface area contributed by atoms with Crippen molar-refractivity contribution in [2.75, 3.05) is 19.8 Å². The van der Waals surface area contributed by atoms with Gasteiger partial charge < -0.3 is 20.3 Å². The second-order valence-electron chi connectivity index (χ2n) is 5.10. The highest BCUT2D eigenvalue weighted by molar-refractivity contribution is 6.32. The zero-order chi connectivity index (χ0) is 14.0. The second kappa shape index (κ2) is 5.36. The molecule has 1 heterocycles. The van der Waals surface area contributed by atoms with Gasteiger partial charge in [0.15, 0.2) is 0 Å². The Morgan fingerprint density at radius 1 is 1.63 bits per heavy atom. The Hall–Kier alpha value is -1.30. The van der Waals surface area contributed by atoms with Crippen molar-refractivity contribution in [2.45, 2.75) is 13.0 Å². The van der Waals surface area contributed by atoms with E-state index in [4.69, 9.17) is 31.9 Å². The number of halogens is 1. The Labute approximate surface area is 116 Å². The first-order chi connectivity index (χ1) is 8.91. The molecule has 1 saturated heterocycles. The fourth-order valence-corrected chi connectivity index (χ4v) is 2.00. The van der Waals surface area contributed by atoms with Gasteiger partial charge in [-0.1, -0.05) is 24.6 Å². The van der Waals surface area contributed by atoms with Crippen LogP contribution in [0.3, 0.4) is 0 Å². The molecule has 2 rings (SSSR count). The molecule has 0 aliphatic carbocycles. The number of aliphatic carboxylic acids is 1. The molecule has 1 unspecified atom stereocenters. The Kier molecular flexibility index (Phi) is 3.99. The zero-order valence-electron chi connectivity index (χ0n) is 10.6. The number of ether oxygens (including phenoxy) is 2. The van der Waals surface area contributed by atoms with Gasteiger partial charge in [-0.15, -0.1) is 0 Å². The monoisotopic (exact) mass is 285 g/mol. The van der Waals surface area contributed by atoms with Crippen molar-refractivity contribution in [2.24, 2.45) is 11.1 Å². The summed E-state index contributed by atoms with van der Waals surface area (Å²) in [6, 6.07) is 3.70. The van der Waals surface area contributed by atoms with Gasteiger partial charge in [-0.3, -0.25) is 4.79 Å². The lowest BCUT2D eigenvalue weighted by Gasteiger charge is -2.37. The van der Waals surface area contributed by atoms with Crippen molar-refractivity contribution in [1.82, 2.24) is 0 Å². The van der Waals surface area contributed by atoms with Crippen molar-refractivity contribution in [3.05, 3.63) is 28.8 Å². The number of rotatable bonds is 5. The van der Waals surface area contributed by atoms with Crippen LogP contribution < -0.4 is 10.5 Å². The molecule has 1 aromatic carbocycles. The van der Waals surface area contributed by atoms with Crippen LogP contribution in [0.15, 0.2) is 18.2 Å². The molecule has 1 aliphatic heterocycles. The predicted octanol–water partition coefficient (Wildman–Crippen LogP) is 1.84. The molecule has 0 aromatic heterocycles. The van der Waals surface area contributed by atoms with Gasteiger partial charge in [-0.25, -0.2) is 0 Å². The Morgan fingerprint density at radius 2 is 2.32 bits per heavy atom. The fraction of sp³-hybridized carbons (Fsp3) is 0.462. The maximum absolute atomic E-state index is 10.8. The molecule has 0 radical (unpaired) electrons. The molecular weight excluding hydrogens is 270 g/mol. The lowest BCUT2D eigenvalue weighted by Crippen LogP contribution is -2.44. The molecule has 3 N–H and O–H groups in total. The quantitative estimate of drug-likeness (QED) is 0.863. The van der Waals surface area contributed by atoms with Crippen molar-refractivity contribution in [1.29, 1.82) is 0 Å². The van der Waals surface area contributed by atoms with Crippen LogP contribution in [0.25, 0.3) is 0 Å². The molecule has 1 fully saturated rings. The molecular formula is C13H16ClNO4. The fourth-order valence-electron chi connectivity index (χ4n) is 1.76. The third-order valence-electron chi connectivity index (χ3n) is 3.06. The van der Waals surface area contributed by atoms with Crippen molar-refractivity contribution < 1.29 is 19.4 Å². The van der Waals surface area contributed by atoms with Gasteiger partial charge in [-0.05, 0) is 17.7 Å². The van der Waals surface area contributed by atoms with Crippen LogP contribution in [0.2, 0.25) is 5.02 Å². The van der Waals surface area contributed by atoms with E-state index in [0.717, 1.165) is 0 Å². The van der Waals surface area contributed by atoms with E-state index in [2.05, 4.69) is 6.92 Å². The van der Waals surface area contributed by atoms with Gasteiger partial charge in [0.25, 0.3) is 0 Å². The highest BCUT2D eigenvalue weighted by Crippen LogP contribution is 2.31. The maximum atomic E-state index is 10.8. The summed E-state index contributed by atoms with van der Waals surface area (Å²) in [4.78, 5) is 10.8. The van der Waals surface area contributed by atoms with E-state index in [1.165, 1.54) is 6.07 Å². The largest absolute Gasteiger partial charge is 0.491 e. The third kappa shape index (κ3) is 3.18. The third-order valence-corrected chi connectivity index (χ3v) is 3.35. The molecule has 5 nitrogen and oxygen atoms in total. The summed E-state index contributed by atoms with van der Waals surface area (Å²) in [6.45, 7) is 3.93. The molecule has 0 amide bonds. The maximum Gasteiger partial charge on any atom is 0.325 e. The van der Waals surface area contributed by atoms with Gasteiger partial charge >= 0.3 is 5.97 Å². The van der Waals surface area contributed by atoms with Crippen molar-refractivity contribution in [3.63, 3.8) is 0 Å².